The van der Waals surface area contributed by atoms with Crippen molar-refractivity contribution in [3.05, 3.63) is 133 Å². The molecule has 3 aromatic heterocycles. The molecule has 0 saturated carbocycles. The van der Waals surface area contributed by atoms with Crippen LogP contribution >= 0.6 is 0 Å². The normalized spacial score (nSPS) is 11.2. The van der Waals surface area contributed by atoms with E-state index in [4.69, 9.17) is 19.9 Å². The summed E-state index contributed by atoms with van der Waals surface area (Å²) >= 11 is 0. The fourth-order valence-corrected chi connectivity index (χ4v) is 5.18. The summed E-state index contributed by atoms with van der Waals surface area (Å²) in [5.74, 6) is 0.669. The van der Waals surface area contributed by atoms with Crippen molar-refractivity contribution in [2.24, 2.45) is 0 Å². The predicted octanol–water partition coefficient (Wildman–Crippen LogP) is 8.86. The minimum Gasteiger partial charge on any atom is -0.251 e. The highest BCUT2D eigenvalue weighted by Crippen LogP contribution is 2.32. The lowest BCUT2D eigenvalue weighted by molar-refractivity contribution is 1.17. The van der Waals surface area contributed by atoms with Gasteiger partial charge in [0.25, 0.3) is 0 Å². The first-order valence-corrected chi connectivity index (χ1v) is 13.4. The molecule has 4 aromatic carbocycles. The molecule has 0 N–H and O–H groups in total. The number of aryl methyl sites for hydroxylation is 2. The largest absolute Gasteiger partial charge is 0.251 e. The highest BCUT2D eigenvalue weighted by molar-refractivity contribution is 6.04. The molecule has 0 atom stereocenters. The fraction of sp³-hybridized carbons (Fsp3) is 0.0556. The second kappa shape index (κ2) is 9.83. The van der Waals surface area contributed by atoms with Crippen LogP contribution in [-0.2, 0) is 0 Å². The maximum atomic E-state index is 5.15. The molecule has 3 heterocycles. The molecule has 7 aromatic rings. The van der Waals surface area contributed by atoms with Crippen molar-refractivity contribution in [3.63, 3.8) is 0 Å². The van der Waals surface area contributed by atoms with Crippen molar-refractivity contribution in [2.45, 2.75) is 13.8 Å². The van der Waals surface area contributed by atoms with E-state index in [0.29, 0.717) is 5.82 Å². The number of pyridine rings is 2. The molecule has 0 amide bonds. The zero-order valence-corrected chi connectivity index (χ0v) is 22.3. The third kappa shape index (κ3) is 4.40. The molecule has 0 aliphatic rings. The first-order valence-electron chi connectivity index (χ1n) is 13.4. The van der Waals surface area contributed by atoms with Gasteiger partial charge >= 0.3 is 0 Å². The molecule has 0 saturated heterocycles. The van der Waals surface area contributed by atoms with Crippen molar-refractivity contribution in [1.29, 1.82) is 0 Å². The van der Waals surface area contributed by atoms with Crippen LogP contribution in [0.25, 0.3) is 67.0 Å². The Morgan fingerprint density at radius 1 is 0.425 bits per heavy atom. The van der Waals surface area contributed by atoms with Crippen molar-refractivity contribution in [3.8, 4) is 45.2 Å². The average Bonchev–Trinajstić information content (AvgIpc) is 3.01. The van der Waals surface area contributed by atoms with Gasteiger partial charge in [-0.2, -0.15) is 0 Å². The third-order valence-corrected chi connectivity index (χ3v) is 7.29. The van der Waals surface area contributed by atoms with Crippen molar-refractivity contribution >= 4 is 21.8 Å². The number of hydrogen-bond acceptors (Lipinski definition) is 4. The van der Waals surface area contributed by atoms with E-state index in [1.165, 1.54) is 5.56 Å². The fourth-order valence-electron chi connectivity index (χ4n) is 5.18. The molecule has 190 valence electrons. The van der Waals surface area contributed by atoms with Crippen LogP contribution in [0.15, 0.2) is 121 Å². The molecule has 0 fully saturated rings. The number of rotatable bonds is 4. The van der Waals surface area contributed by atoms with Crippen LogP contribution in [-0.4, -0.2) is 19.9 Å². The van der Waals surface area contributed by atoms with Crippen molar-refractivity contribution < 1.29 is 0 Å². The van der Waals surface area contributed by atoms with Crippen LogP contribution in [0.5, 0.6) is 0 Å². The summed E-state index contributed by atoms with van der Waals surface area (Å²) in [5.41, 5.74) is 10.7. The molecular weight excluding hydrogens is 488 g/mol. The molecule has 0 radical (unpaired) electrons. The Bertz CT molecular complexity index is 2000. The highest BCUT2D eigenvalue weighted by atomic mass is 14.9. The summed E-state index contributed by atoms with van der Waals surface area (Å²) in [4.78, 5) is 20.0. The molecule has 0 spiro atoms. The first kappa shape index (κ1) is 23.9. The zero-order valence-electron chi connectivity index (χ0n) is 22.3. The SMILES string of the molecule is Cc1ccc2ccc3c(C)cc(-c4cc(-c5ccccc5)nc(-c5ccc(-c6ccccc6)cc5)n4)nc3c2n1. The molecule has 40 heavy (non-hydrogen) atoms. The van der Waals surface area contributed by atoms with Crippen LogP contribution in [0.1, 0.15) is 11.3 Å². The summed E-state index contributed by atoms with van der Waals surface area (Å²) in [6, 6.07) is 41.6. The minimum atomic E-state index is 0.669. The summed E-state index contributed by atoms with van der Waals surface area (Å²) in [5, 5.41) is 2.18. The second-order valence-corrected chi connectivity index (χ2v) is 10.1. The first-order chi connectivity index (χ1) is 19.6. The Hall–Kier alpha value is -5.22. The van der Waals surface area contributed by atoms with E-state index in [0.717, 1.165) is 66.8 Å². The highest BCUT2D eigenvalue weighted by Gasteiger charge is 2.15. The summed E-state index contributed by atoms with van der Waals surface area (Å²) in [6.07, 6.45) is 0. The molecule has 0 aliphatic carbocycles. The van der Waals surface area contributed by atoms with Gasteiger partial charge in [0.2, 0.25) is 0 Å². The van der Waals surface area contributed by atoms with E-state index in [1.54, 1.807) is 0 Å². The molecule has 4 heteroatoms. The standard InChI is InChI=1S/C36H26N4/c1-23-21-32(38-35-30(23)20-19-28-14-13-24(2)37-34(28)35)33-22-31(27-11-7-4-8-12-27)39-36(40-33)29-17-15-26(16-18-29)25-9-5-3-6-10-25/h3-22H,1-2H3. The predicted molar refractivity (Wildman–Crippen MR) is 164 cm³/mol. The van der Waals surface area contributed by atoms with Crippen LogP contribution in [0, 0.1) is 13.8 Å². The Morgan fingerprint density at radius 2 is 1.02 bits per heavy atom. The van der Waals surface area contributed by atoms with Gasteiger partial charge in [0.05, 0.1) is 28.1 Å². The molecule has 0 bridgehead atoms. The van der Waals surface area contributed by atoms with E-state index in [9.17, 15) is 0 Å². The number of hydrogen-bond donors (Lipinski definition) is 0. The molecule has 7 rings (SSSR count). The Morgan fingerprint density at radius 3 is 1.77 bits per heavy atom. The average molecular weight is 515 g/mol. The van der Waals surface area contributed by atoms with Crippen LogP contribution in [0.4, 0.5) is 0 Å². The maximum absolute atomic E-state index is 5.15. The Kier molecular flexibility index (Phi) is 5.86. The smallest absolute Gasteiger partial charge is 0.160 e. The van der Waals surface area contributed by atoms with E-state index < -0.39 is 0 Å². The Balaban J connectivity index is 1.41. The van der Waals surface area contributed by atoms with E-state index in [-0.39, 0.29) is 0 Å². The van der Waals surface area contributed by atoms with Gasteiger partial charge in [-0.1, -0.05) is 103 Å². The monoisotopic (exact) mass is 514 g/mol. The quantitative estimate of drug-likeness (QED) is 0.220. The van der Waals surface area contributed by atoms with Crippen LogP contribution in [0.2, 0.25) is 0 Å². The van der Waals surface area contributed by atoms with Gasteiger partial charge in [-0.3, -0.25) is 4.98 Å². The van der Waals surface area contributed by atoms with Gasteiger partial charge in [-0.25, -0.2) is 15.0 Å². The van der Waals surface area contributed by atoms with E-state index in [1.807, 2.05) is 43.3 Å². The minimum absolute atomic E-state index is 0.669. The van der Waals surface area contributed by atoms with E-state index >= 15 is 0 Å². The topological polar surface area (TPSA) is 51.6 Å². The van der Waals surface area contributed by atoms with Crippen molar-refractivity contribution in [1.82, 2.24) is 19.9 Å². The molecule has 0 aliphatic heterocycles. The number of fused-ring (bicyclic) bond motifs is 3. The molecule has 0 unspecified atom stereocenters. The van der Waals surface area contributed by atoms with Gasteiger partial charge in [-0.15, -0.1) is 0 Å². The number of nitrogens with zero attached hydrogens (tertiary/aromatic N) is 4. The van der Waals surface area contributed by atoms with Gasteiger partial charge in [0.15, 0.2) is 5.82 Å². The van der Waals surface area contributed by atoms with Gasteiger partial charge in [0, 0.05) is 27.6 Å². The van der Waals surface area contributed by atoms with Gasteiger partial charge in [-0.05, 0) is 48.7 Å². The Labute approximate surface area is 233 Å². The third-order valence-electron chi connectivity index (χ3n) is 7.29. The lowest BCUT2D eigenvalue weighted by atomic mass is 10.0. The van der Waals surface area contributed by atoms with Gasteiger partial charge in [0.1, 0.15) is 0 Å². The van der Waals surface area contributed by atoms with E-state index in [2.05, 4.69) is 91.9 Å². The molecule has 4 nitrogen and oxygen atoms in total. The maximum Gasteiger partial charge on any atom is 0.160 e. The zero-order chi connectivity index (χ0) is 27.1. The number of aromatic nitrogens is 4. The van der Waals surface area contributed by atoms with Gasteiger partial charge < -0.3 is 0 Å². The molecular formula is C36H26N4. The summed E-state index contributed by atoms with van der Waals surface area (Å²) in [7, 11) is 0. The van der Waals surface area contributed by atoms with Crippen molar-refractivity contribution in [2.75, 3.05) is 0 Å². The second-order valence-electron chi connectivity index (χ2n) is 10.1. The lowest BCUT2D eigenvalue weighted by Crippen LogP contribution is -1.98. The number of benzene rings is 4. The van der Waals surface area contributed by atoms with Crippen LogP contribution in [0.3, 0.4) is 0 Å². The lowest BCUT2D eigenvalue weighted by Gasteiger charge is -2.12. The summed E-state index contributed by atoms with van der Waals surface area (Å²) in [6.45, 7) is 4.14. The van der Waals surface area contributed by atoms with Crippen LogP contribution < -0.4 is 0 Å². The summed E-state index contributed by atoms with van der Waals surface area (Å²) < 4.78 is 0.